The number of hydrogen-bond donors (Lipinski definition) is 1. The lowest BCUT2D eigenvalue weighted by atomic mass is 10.2. The molecular weight excluding hydrogens is 338 g/mol. The number of fused-ring (bicyclic) bond motifs is 1. The molecule has 0 fully saturated rings. The Morgan fingerprint density at radius 2 is 1.62 bits per heavy atom. The molecule has 4 rings (SSSR count). The number of nitrogens with one attached hydrogen (secondary N) is 1. The maximum Gasteiger partial charge on any atom is 0.362 e. The van der Waals surface area contributed by atoms with Gasteiger partial charge in [0.2, 0.25) is 10.0 Å². The predicted molar refractivity (Wildman–Crippen MR) is 98.5 cm³/mol. The number of aromatic nitrogens is 3. The number of nitrogens with zero attached hydrogens (tertiary/aromatic N) is 2. The van der Waals surface area contributed by atoms with Crippen molar-refractivity contribution in [2.24, 2.45) is 0 Å². The summed E-state index contributed by atoms with van der Waals surface area (Å²) in [6, 6.07) is 19.6. The summed E-state index contributed by atoms with van der Waals surface area (Å²) in [5.41, 5.74) is 2.88. The number of hydrogen-bond acceptors (Lipinski definition) is 4. The van der Waals surface area contributed by atoms with Gasteiger partial charge in [0.1, 0.15) is 4.88 Å². The summed E-state index contributed by atoms with van der Waals surface area (Å²) in [4.78, 5) is 16.6. The van der Waals surface area contributed by atoms with Crippen LogP contribution in [-0.4, -0.2) is 16.3 Å². The molecule has 0 saturated heterocycles. The smallest absolute Gasteiger partial charge is 0.239 e. The Bertz CT molecular complexity index is 1060. The fourth-order valence-electron chi connectivity index (χ4n) is 2.58. The van der Waals surface area contributed by atoms with E-state index in [-0.39, 0.29) is 5.56 Å². The normalized spacial score (nSPS) is 11.0. The first-order valence-electron chi connectivity index (χ1n) is 7.42. The molecule has 0 saturated carbocycles. The molecule has 0 spiro atoms. The molecule has 0 aliphatic heterocycles. The maximum absolute atomic E-state index is 12.6. The first kappa shape index (κ1) is 15.1. The van der Waals surface area contributed by atoms with Gasteiger partial charge in [-0.3, -0.25) is 0 Å². The van der Waals surface area contributed by atoms with Crippen LogP contribution in [0.25, 0.3) is 27.3 Å². The van der Waals surface area contributed by atoms with Crippen molar-refractivity contribution in [3.8, 4) is 21.7 Å². The molecule has 1 N–H and O–H groups in total. The van der Waals surface area contributed by atoms with Gasteiger partial charge in [-0.25, -0.2) is 9.78 Å². The van der Waals surface area contributed by atoms with Crippen molar-refractivity contribution in [1.29, 1.82) is 0 Å². The zero-order valence-electron chi connectivity index (χ0n) is 12.9. The zero-order valence-corrected chi connectivity index (χ0v) is 14.5. The van der Waals surface area contributed by atoms with E-state index in [0.29, 0.717) is 5.69 Å². The molecule has 0 atom stereocenters. The summed E-state index contributed by atoms with van der Waals surface area (Å²) in [6.45, 7) is 0. The van der Waals surface area contributed by atoms with Gasteiger partial charge in [-0.2, -0.15) is 0 Å². The van der Waals surface area contributed by atoms with Gasteiger partial charge in [-0.1, -0.05) is 93.4 Å². The largest absolute Gasteiger partial charge is 0.362 e. The second kappa shape index (κ2) is 6.22. The number of rotatable bonds is 3. The maximum atomic E-state index is 12.6. The molecule has 0 amide bonds. The summed E-state index contributed by atoms with van der Waals surface area (Å²) in [6.07, 6.45) is 2.02. The molecule has 0 bridgehead atoms. The third-order valence-corrected chi connectivity index (χ3v) is 5.95. The van der Waals surface area contributed by atoms with Crippen molar-refractivity contribution in [3.63, 3.8) is 0 Å². The summed E-state index contributed by atoms with van der Waals surface area (Å²) in [5.74, 6) is 0. The monoisotopic (exact) mass is 352 g/mol. The van der Waals surface area contributed by atoms with Gasteiger partial charge in [0.15, 0.2) is 0 Å². The molecule has 2 aromatic carbocycles. The summed E-state index contributed by atoms with van der Waals surface area (Å²) < 4.78 is 2.86. The van der Waals surface area contributed by atoms with E-state index in [4.69, 9.17) is 0 Å². The molecule has 6 heteroatoms. The van der Waals surface area contributed by atoms with Crippen LogP contribution in [0.2, 0.25) is 0 Å². The third kappa shape index (κ3) is 2.53. The molecule has 2 aromatic heterocycles. The summed E-state index contributed by atoms with van der Waals surface area (Å²) in [7, 11) is 0. The van der Waals surface area contributed by atoms with Crippen LogP contribution in [-0.2, 0) is 0 Å². The molecule has 4 nitrogen and oxygen atoms in total. The summed E-state index contributed by atoms with van der Waals surface area (Å²) in [5, 5.41) is 4.62. The van der Waals surface area contributed by atoms with Crippen LogP contribution >= 0.6 is 23.1 Å². The lowest BCUT2D eigenvalue weighted by molar-refractivity contribution is -0.614. The van der Waals surface area contributed by atoms with Gasteiger partial charge in [0, 0.05) is 11.1 Å². The number of H-pyrrole nitrogens is 1. The highest BCUT2D eigenvalue weighted by Gasteiger charge is 2.24. The molecule has 2 heterocycles. The van der Waals surface area contributed by atoms with Crippen molar-refractivity contribution in [2.75, 3.05) is 6.26 Å². The number of thioether (sulfide) groups is 1. The van der Waals surface area contributed by atoms with Crippen LogP contribution in [0.5, 0.6) is 0 Å². The van der Waals surface area contributed by atoms with Gasteiger partial charge in [-0.15, -0.1) is 0 Å². The van der Waals surface area contributed by atoms with Crippen molar-refractivity contribution >= 4 is 28.7 Å². The number of aromatic amines is 1. The Morgan fingerprint density at radius 3 is 2.25 bits per heavy atom. The van der Waals surface area contributed by atoms with Crippen LogP contribution in [0, 0.1) is 0 Å². The molecule has 0 aliphatic carbocycles. The lowest BCUT2D eigenvalue weighted by Crippen LogP contribution is -2.33. The minimum Gasteiger partial charge on any atom is -0.239 e. The van der Waals surface area contributed by atoms with Gasteiger partial charge in [0.25, 0.3) is 0 Å². The highest BCUT2D eigenvalue weighted by Crippen LogP contribution is 2.32. The van der Waals surface area contributed by atoms with Gasteiger partial charge >= 0.3 is 11.2 Å². The average Bonchev–Trinajstić information content (AvgIpc) is 3.00. The van der Waals surface area contributed by atoms with E-state index in [2.05, 4.69) is 10.1 Å². The quantitative estimate of drug-likeness (QED) is 0.452. The van der Waals surface area contributed by atoms with E-state index in [1.54, 1.807) is 23.1 Å². The van der Waals surface area contributed by atoms with Gasteiger partial charge in [-0.05, 0) is 6.26 Å². The Kier molecular flexibility index (Phi) is 3.92. The van der Waals surface area contributed by atoms with Gasteiger partial charge < -0.3 is 0 Å². The molecule has 0 radical (unpaired) electrons. The molecule has 118 valence electrons. The molecule has 4 aromatic rings. The van der Waals surface area contributed by atoms with Crippen molar-refractivity contribution in [3.05, 3.63) is 71.0 Å². The zero-order chi connectivity index (χ0) is 16.5. The van der Waals surface area contributed by atoms with E-state index in [1.165, 1.54) is 0 Å². The van der Waals surface area contributed by atoms with Crippen molar-refractivity contribution in [2.45, 2.75) is 4.34 Å². The molecular formula is C18H14N3OS2+. The first-order valence-corrected chi connectivity index (χ1v) is 9.46. The van der Waals surface area contributed by atoms with Crippen LogP contribution in [0.4, 0.5) is 0 Å². The lowest BCUT2D eigenvalue weighted by Gasteiger charge is -1.97. The van der Waals surface area contributed by atoms with E-state index in [1.807, 2.05) is 71.4 Å². The summed E-state index contributed by atoms with van der Waals surface area (Å²) >= 11 is 3.25. The van der Waals surface area contributed by atoms with Gasteiger partial charge in [0.05, 0.1) is 0 Å². The average molecular weight is 352 g/mol. The fourth-order valence-corrected chi connectivity index (χ4v) is 4.35. The number of benzene rings is 2. The molecule has 0 unspecified atom stereocenters. The van der Waals surface area contributed by atoms with Crippen LogP contribution < -0.4 is 10.1 Å². The predicted octanol–water partition coefficient (Wildman–Crippen LogP) is 3.63. The highest BCUT2D eigenvalue weighted by molar-refractivity contribution is 8.00. The van der Waals surface area contributed by atoms with Crippen LogP contribution in [0.1, 0.15) is 0 Å². The minimum atomic E-state index is -0.177. The topological polar surface area (TPSA) is 49.9 Å². The number of thiazole rings is 1. The highest BCUT2D eigenvalue weighted by atomic mass is 32.2. The Hall–Kier alpha value is -2.44. The second-order valence-electron chi connectivity index (χ2n) is 5.20. The Labute approximate surface area is 146 Å². The van der Waals surface area contributed by atoms with Crippen molar-refractivity contribution < 1.29 is 4.52 Å². The first-order chi connectivity index (χ1) is 11.8. The van der Waals surface area contributed by atoms with E-state index in [0.717, 1.165) is 26.0 Å². The van der Waals surface area contributed by atoms with E-state index in [9.17, 15) is 4.79 Å². The minimum absolute atomic E-state index is 0.177. The fraction of sp³-hybridized carbons (Fsp3) is 0.0556. The second-order valence-corrected chi connectivity index (χ2v) is 7.25. The van der Waals surface area contributed by atoms with E-state index >= 15 is 0 Å². The van der Waals surface area contributed by atoms with Crippen LogP contribution in [0.15, 0.2) is 69.8 Å². The SMILES string of the molecule is CSc1sc(-c2ccccc2)c2[nH]c(=O)c(-c3ccccc3)n[n+]12. The van der Waals surface area contributed by atoms with Crippen LogP contribution in [0.3, 0.4) is 0 Å². The van der Waals surface area contributed by atoms with E-state index < -0.39 is 0 Å². The molecule has 0 aliphatic rings. The standard InChI is InChI=1S/C18H13N3OS2/c1-23-18-21-16(15(24-18)13-10-6-3-7-11-13)19-17(22)14(20-21)12-8-4-2-5-9-12/h2-11H,1H3/p+1. The third-order valence-electron chi connectivity index (χ3n) is 3.69. The Balaban J connectivity index is 2.00. The van der Waals surface area contributed by atoms with Crippen molar-refractivity contribution in [1.82, 2.24) is 10.1 Å². The Morgan fingerprint density at radius 1 is 1.00 bits per heavy atom. The molecule has 24 heavy (non-hydrogen) atoms.